The molecule has 0 spiro atoms. The van der Waals surface area contributed by atoms with Crippen molar-refractivity contribution < 1.29 is 24.0 Å². The number of aromatic nitrogens is 1. The zero-order chi connectivity index (χ0) is 31.0. The Balaban J connectivity index is 1.55. The molecule has 1 aliphatic rings. The predicted molar refractivity (Wildman–Crippen MR) is 164 cm³/mol. The number of thiol groups is 1. The Labute approximate surface area is 252 Å². The van der Waals surface area contributed by atoms with Crippen LogP contribution in [0.3, 0.4) is 0 Å². The van der Waals surface area contributed by atoms with E-state index in [1.165, 1.54) is 4.90 Å². The van der Waals surface area contributed by atoms with E-state index >= 15 is 0 Å². The number of hydrogen-bond donors (Lipinski definition) is 4. The summed E-state index contributed by atoms with van der Waals surface area (Å²) in [6, 6.07) is 10.1. The molecule has 10 nitrogen and oxygen atoms in total. The molecule has 3 atom stereocenters. The lowest BCUT2D eigenvalue weighted by Crippen LogP contribution is -2.57. The number of rotatable bonds is 13. The molecule has 1 aliphatic heterocycles. The van der Waals surface area contributed by atoms with Gasteiger partial charge in [0.1, 0.15) is 17.9 Å². The van der Waals surface area contributed by atoms with Crippen LogP contribution in [0, 0.1) is 11.3 Å². The van der Waals surface area contributed by atoms with Crippen LogP contribution in [0.15, 0.2) is 48.7 Å². The Morgan fingerprint density at radius 1 is 0.881 bits per heavy atom. The molecular weight excluding hydrogens is 554 g/mol. The normalized spacial score (nSPS) is 15.2. The summed E-state index contributed by atoms with van der Waals surface area (Å²) in [5, 5.41) is 7.70. The zero-order valence-electron chi connectivity index (χ0n) is 24.8. The van der Waals surface area contributed by atoms with Gasteiger partial charge in [-0.05, 0) is 54.9 Å². The first kappa shape index (κ1) is 32.8. The molecule has 0 bridgehead atoms. The number of carbonyl (C=O) groups excluding carboxylic acids is 5. The van der Waals surface area contributed by atoms with E-state index in [1.54, 1.807) is 48.7 Å². The Bertz CT molecular complexity index is 1260. The summed E-state index contributed by atoms with van der Waals surface area (Å²) >= 11 is 4.46. The number of imide groups is 1. The van der Waals surface area contributed by atoms with Gasteiger partial charge in [-0.15, -0.1) is 0 Å². The van der Waals surface area contributed by atoms with Crippen molar-refractivity contribution in [3.63, 3.8) is 0 Å². The maximum absolute atomic E-state index is 13.4. The third-order valence-corrected chi connectivity index (χ3v) is 7.45. The highest BCUT2D eigenvalue weighted by Gasteiger charge is 2.36. The Morgan fingerprint density at radius 3 is 2.05 bits per heavy atom. The van der Waals surface area contributed by atoms with E-state index in [9.17, 15) is 24.0 Å². The number of anilines is 1. The predicted octanol–water partition coefficient (Wildman–Crippen LogP) is 3.85. The number of nitrogens with one attached hydrogen (secondary N) is 3. The second-order valence-corrected chi connectivity index (χ2v) is 12.6. The Kier molecular flexibility index (Phi) is 11.3. The zero-order valence-corrected chi connectivity index (χ0v) is 25.7. The van der Waals surface area contributed by atoms with Crippen molar-refractivity contribution in [1.29, 1.82) is 0 Å². The average molecular weight is 596 g/mol. The fourth-order valence-corrected chi connectivity index (χ4v) is 4.96. The van der Waals surface area contributed by atoms with Crippen LogP contribution in [-0.2, 0) is 14.4 Å². The largest absolute Gasteiger partial charge is 0.343 e. The number of hydrogen-bond acceptors (Lipinski definition) is 7. The van der Waals surface area contributed by atoms with Gasteiger partial charge in [0.05, 0.1) is 16.4 Å². The molecule has 3 rings (SSSR count). The molecular formula is C31H41N5O5S. The molecule has 0 saturated carbocycles. The van der Waals surface area contributed by atoms with E-state index in [0.717, 1.165) is 0 Å². The maximum atomic E-state index is 13.4. The Hall–Kier alpha value is -3.73. The summed E-state index contributed by atoms with van der Waals surface area (Å²) in [7, 11) is 0. The van der Waals surface area contributed by atoms with E-state index < -0.39 is 40.5 Å². The summed E-state index contributed by atoms with van der Waals surface area (Å²) in [4.78, 5) is 70.0. The summed E-state index contributed by atoms with van der Waals surface area (Å²) in [6.07, 6.45) is 3.40. The maximum Gasteiger partial charge on any atom is 0.261 e. The minimum Gasteiger partial charge on any atom is -0.343 e. The smallest absolute Gasteiger partial charge is 0.261 e. The molecule has 5 amide bonds. The lowest BCUT2D eigenvalue weighted by atomic mass is 9.85. The molecule has 226 valence electrons. The summed E-state index contributed by atoms with van der Waals surface area (Å²) in [5.74, 6) is -1.41. The van der Waals surface area contributed by atoms with Crippen LogP contribution in [-0.4, -0.2) is 63.3 Å². The number of fused-ring (bicyclic) bond motifs is 1. The molecule has 2 aromatic rings. The quantitative estimate of drug-likeness (QED) is 0.158. The van der Waals surface area contributed by atoms with Crippen molar-refractivity contribution in [1.82, 2.24) is 20.5 Å². The SMILES string of the molecule is CC(C)C[C@H](NC(=O)[C@H](S)CCCCN1C(=O)c2ccccc2C1=O)C(=O)N[C@H](C(=O)Nc1ccccn1)C(C)(C)C. The third-order valence-electron chi connectivity index (χ3n) is 6.96. The number of pyridine rings is 1. The van der Waals surface area contributed by atoms with Crippen molar-refractivity contribution in [3.8, 4) is 0 Å². The van der Waals surface area contributed by atoms with Gasteiger partial charge in [0.15, 0.2) is 0 Å². The number of nitrogens with zero attached hydrogens (tertiary/aromatic N) is 2. The molecule has 42 heavy (non-hydrogen) atoms. The van der Waals surface area contributed by atoms with Gasteiger partial charge >= 0.3 is 0 Å². The van der Waals surface area contributed by atoms with E-state index in [2.05, 4.69) is 33.6 Å². The van der Waals surface area contributed by atoms with Crippen molar-refractivity contribution in [2.24, 2.45) is 11.3 Å². The highest BCUT2D eigenvalue weighted by atomic mass is 32.1. The van der Waals surface area contributed by atoms with Crippen molar-refractivity contribution >= 4 is 48.0 Å². The molecule has 2 heterocycles. The second kappa shape index (κ2) is 14.4. The van der Waals surface area contributed by atoms with Gasteiger partial charge < -0.3 is 16.0 Å². The summed E-state index contributed by atoms with van der Waals surface area (Å²) in [5.41, 5.74) is 0.199. The molecule has 1 aromatic heterocycles. The highest BCUT2D eigenvalue weighted by molar-refractivity contribution is 7.81. The van der Waals surface area contributed by atoms with Crippen LogP contribution in [0.25, 0.3) is 0 Å². The number of benzene rings is 1. The highest BCUT2D eigenvalue weighted by Crippen LogP contribution is 2.24. The second-order valence-electron chi connectivity index (χ2n) is 12.0. The molecule has 0 radical (unpaired) electrons. The molecule has 0 unspecified atom stereocenters. The van der Waals surface area contributed by atoms with Gasteiger partial charge in [-0.1, -0.05) is 59.2 Å². The standard InChI is InChI=1S/C31H41N5O5S/c1-19(2)18-22(26(37)35-25(31(3,4)5)28(39)34-24-15-8-10-16-32-24)33-27(38)23(42)14-9-11-17-36-29(40)20-12-6-7-13-21(20)30(36)41/h6-8,10,12-13,15-16,19,22-23,25,42H,9,11,14,17-18H2,1-5H3,(H,33,38)(H,35,37)(H,32,34,39)/t22-,23+,25+/m0/s1. The van der Waals surface area contributed by atoms with Crippen molar-refractivity contribution in [2.75, 3.05) is 11.9 Å². The average Bonchev–Trinajstić information content (AvgIpc) is 3.17. The van der Waals surface area contributed by atoms with Gasteiger partial charge in [-0.3, -0.25) is 28.9 Å². The Morgan fingerprint density at radius 2 is 1.50 bits per heavy atom. The van der Waals surface area contributed by atoms with Crippen LogP contribution in [0.2, 0.25) is 0 Å². The first-order chi connectivity index (χ1) is 19.8. The number of amides is 5. The van der Waals surface area contributed by atoms with Crippen molar-refractivity contribution in [2.45, 2.75) is 77.6 Å². The summed E-state index contributed by atoms with van der Waals surface area (Å²) < 4.78 is 0. The van der Waals surface area contributed by atoms with E-state index in [4.69, 9.17) is 0 Å². The van der Waals surface area contributed by atoms with Gasteiger partial charge in [0.2, 0.25) is 17.7 Å². The topological polar surface area (TPSA) is 138 Å². The summed E-state index contributed by atoms with van der Waals surface area (Å²) in [6.45, 7) is 9.67. The van der Waals surface area contributed by atoms with E-state index in [-0.39, 0.29) is 24.3 Å². The minimum atomic E-state index is -0.882. The molecule has 3 N–H and O–H groups in total. The van der Waals surface area contributed by atoms with Gasteiger partial charge in [-0.2, -0.15) is 12.6 Å². The van der Waals surface area contributed by atoms with E-state index in [1.807, 2.05) is 34.6 Å². The van der Waals surface area contributed by atoms with E-state index in [0.29, 0.717) is 42.6 Å². The van der Waals surface area contributed by atoms with Crippen LogP contribution in [0.5, 0.6) is 0 Å². The van der Waals surface area contributed by atoms with Gasteiger partial charge in [-0.25, -0.2) is 4.98 Å². The lowest BCUT2D eigenvalue weighted by molar-refractivity contribution is -0.132. The van der Waals surface area contributed by atoms with Crippen LogP contribution in [0.4, 0.5) is 5.82 Å². The first-order valence-electron chi connectivity index (χ1n) is 14.3. The molecule has 1 aromatic carbocycles. The first-order valence-corrected chi connectivity index (χ1v) is 14.8. The molecule has 0 aliphatic carbocycles. The molecule has 11 heteroatoms. The van der Waals surface area contributed by atoms with Crippen LogP contribution in [0.1, 0.15) is 81.0 Å². The lowest BCUT2D eigenvalue weighted by Gasteiger charge is -2.32. The number of carbonyl (C=O) groups is 5. The van der Waals surface area contributed by atoms with Crippen LogP contribution < -0.4 is 16.0 Å². The van der Waals surface area contributed by atoms with Gasteiger partial charge in [0, 0.05) is 12.7 Å². The third kappa shape index (κ3) is 8.64. The van der Waals surface area contributed by atoms with Crippen LogP contribution >= 0.6 is 12.6 Å². The van der Waals surface area contributed by atoms with Gasteiger partial charge in [0.25, 0.3) is 11.8 Å². The monoisotopic (exact) mass is 595 g/mol. The fourth-order valence-electron chi connectivity index (χ4n) is 4.71. The fraction of sp³-hybridized carbons (Fsp3) is 0.484. The molecule has 0 saturated heterocycles. The minimum absolute atomic E-state index is 0.0921. The molecule has 0 fully saturated rings. The van der Waals surface area contributed by atoms with Crippen molar-refractivity contribution in [3.05, 3.63) is 59.8 Å². The number of unbranched alkanes of at least 4 members (excludes halogenated alkanes) is 1.